The summed E-state index contributed by atoms with van der Waals surface area (Å²) in [6.45, 7) is -0.600. The van der Waals surface area contributed by atoms with Crippen LogP contribution in [0.15, 0.2) is 48.5 Å². The topological polar surface area (TPSA) is 157 Å². The highest BCUT2D eigenvalue weighted by Crippen LogP contribution is 2.28. The Bertz CT molecular complexity index is 907. The van der Waals surface area contributed by atoms with Gasteiger partial charge in [-0.1, -0.05) is 18.2 Å². The molecule has 1 heterocycles. The van der Waals surface area contributed by atoms with Gasteiger partial charge in [-0.15, -0.1) is 0 Å². The van der Waals surface area contributed by atoms with Crippen molar-refractivity contribution in [2.75, 3.05) is 6.61 Å². The Labute approximate surface area is 171 Å². The molecule has 160 valence electrons. The molecule has 0 spiro atoms. The summed E-state index contributed by atoms with van der Waals surface area (Å²) < 4.78 is 10.6. The Hall–Kier alpha value is -2.95. The number of hydrogen-bond donors (Lipinski definition) is 6. The Morgan fingerprint density at radius 2 is 1.70 bits per heavy atom. The number of hydrogen-bond acceptors (Lipinski definition) is 9. The van der Waals surface area contributed by atoms with Gasteiger partial charge in [-0.05, 0) is 35.9 Å². The van der Waals surface area contributed by atoms with Gasteiger partial charge in [0.2, 0.25) is 6.29 Å². The smallest absolute Gasteiger partial charge is 0.229 e. The maximum atomic E-state index is 12.3. The molecule has 1 saturated heterocycles. The molecule has 1 aliphatic rings. The van der Waals surface area contributed by atoms with Crippen molar-refractivity contribution < 1.29 is 44.9 Å². The number of phenolic OH excluding ortho intramolecular Hbond substituents is 2. The van der Waals surface area contributed by atoms with Crippen molar-refractivity contribution in [3.63, 3.8) is 0 Å². The van der Waals surface area contributed by atoms with Crippen LogP contribution in [0.2, 0.25) is 0 Å². The fourth-order valence-corrected chi connectivity index (χ4v) is 2.94. The summed E-state index contributed by atoms with van der Waals surface area (Å²) >= 11 is 0. The highest BCUT2D eigenvalue weighted by atomic mass is 16.7. The zero-order chi connectivity index (χ0) is 21.8. The summed E-state index contributed by atoms with van der Waals surface area (Å²) in [5.74, 6) is -0.709. The molecule has 1 fully saturated rings. The summed E-state index contributed by atoms with van der Waals surface area (Å²) in [7, 11) is 0. The molecule has 0 radical (unpaired) electrons. The van der Waals surface area contributed by atoms with Crippen LogP contribution in [-0.4, -0.2) is 73.7 Å². The van der Waals surface area contributed by atoms with Crippen LogP contribution in [0.3, 0.4) is 0 Å². The first-order valence-corrected chi connectivity index (χ1v) is 9.12. The molecule has 30 heavy (non-hydrogen) atoms. The summed E-state index contributed by atoms with van der Waals surface area (Å²) in [5.41, 5.74) is 0.689. The average molecular weight is 418 g/mol. The van der Waals surface area contributed by atoms with Gasteiger partial charge >= 0.3 is 0 Å². The van der Waals surface area contributed by atoms with E-state index in [1.54, 1.807) is 12.1 Å². The number of phenols is 2. The molecule has 0 aromatic heterocycles. The minimum atomic E-state index is -1.60. The number of aromatic hydroxyl groups is 2. The van der Waals surface area contributed by atoms with E-state index in [2.05, 4.69) is 0 Å². The molecular formula is C21H22O9. The summed E-state index contributed by atoms with van der Waals surface area (Å²) in [5, 5.41) is 58.2. The molecule has 0 amide bonds. The van der Waals surface area contributed by atoms with E-state index in [4.69, 9.17) is 9.47 Å². The van der Waals surface area contributed by atoms with Crippen molar-refractivity contribution in [2.24, 2.45) is 0 Å². The molecular weight excluding hydrogens is 396 g/mol. The van der Waals surface area contributed by atoms with Crippen LogP contribution in [0, 0.1) is 0 Å². The molecule has 0 bridgehead atoms. The van der Waals surface area contributed by atoms with Gasteiger partial charge in [0, 0.05) is 6.07 Å². The van der Waals surface area contributed by atoms with Crippen LogP contribution < -0.4 is 4.74 Å². The number of allylic oxidation sites excluding steroid dienone is 1. The first kappa shape index (κ1) is 21.8. The largest absolute Gasteiger partial charge is 0.508 e. The van der Waals surface area contributed by atoms with E-state index in [1.165, 1.54) is 36.4 Å². The highest BCUT2D eigenvalue weighted by Gasteiger charge is 2.44. The van der Waals surface area contributed by atoms with Crippen molar-refractivity contribution in [3.05, 3.63) is 59.7 Å². The lowest BCUT2D eigenvalue weighted by Gasteiger charge is -2.39. The second-order valence-corrected chi connectivity index (χ2v) is 6.78. The first-order valence-electron chi connectivity index (χ1n) is 9.12. The number of aliphatic hydroxyl groups is 4. The van der Waals surface area contributed by atoms with Crippen LogP contribution in [0.5, 0.6) is 17.2 Å². The van der Waals surface area contributed by atoms with Gasteiger partial charge in [0.25, 0.3) is 0 Å². The maximum Gasteiger partial charge on any atom is 0.229 e. The molecule has 2 unspecified atom stereocenters. The SMILES string of the molecule is O=C(C=Cc1ccc(O)cc1)c1ccc(OC2OC(CO)[C@@H](O)[C@H](O)[C@H]2O)cc1O. The van der Waals surface area contributed by atoms with Gasteiger partial charge in [-0.25, -0.2) is 0 Å². The summed E-state index contributed by atoms with van der Waals surface area (Å²) in [6, 6.07) is 10.0. The minimum absolute atomic E-state index is 0.00572. The molecule has 0 aliphatic carbocycles. The third-order valence-corrected chi connectivity index (χ3v) is 4.66. The third-order valence-electron chi connectivity index (χ3n) is 4.66. The fourth-order valence-electron chi connectivity index (χ4n) is 2.94. The second kappa shape index (κ2) is 9.24. The van der Waals surface area contributed by atoms with Crippen molar-refractivity contribution in [1.29, 1.82) is 0 Å². The van der Waals surface area contributed by atoms with Crippen molar-refractivity contribution >= 4 is 11.9 Å². The molecule has 9 nitrogen and oxygen atoms in total. The Morgan fingerprint density at radius 1 is 1.00 bits per heavy atom. The Kier molecular flexibility index (Phi) is 6.70. The van der Waals surface area contributed by atoms with Crippen molar-refractivity contribution in [3.8, 4) is 17.2 Å². The third kappa shape index (κ3) is 4.78. The van der Waals surface area contributed by atoms with E-state index in [0.717, 1.165) is 6.07 Å². The van der Waals surface area contributed by atoms with Gasteiger partial charge in [-0.3, -0.25) is 4.79 Å². The zero-order valence-corrected chi connectivity index (χ0v) is 15.7. The van der Waals surface area contributed by atoms with E-state index in [0.29, 0.717) is 5.56 Å². The van der Waals surface area contributed by atoms with E-state index < -0.39 is 43.1 Å². The van der Waals surface area contributed by atoms with E-state index in [1.807, 2.05) is 0 Å². The second-order valence-electron chi connectivity index (χ2n) is 6.78. The standard InChI is InChI=1S/C21H22O9/c22-10-17-18(26)19(27)20(28)21(30-17)29-13-6-7-14(16(25)9-13)15(24)8-3-11-1-4-12(23)5-2-11/h1-9,17-23,25-28H,10H2/t17?,18-,19+,20-,21?/m1/s1. The normalized spacial score (nSPS) is 26.6. The van der Waals surface area contributed by atoms with E-state index in [9.17, 15) is 35.4 Å². The van der Waals surface area contributed by atoms with E-state index in [-0.39, 0.29) is 22.8 Å². The zero-order valence-electron chi connectivity index (χ0n) is 15.7. The molecule has 6 N–H and O–H groups in total. The maximum absolute atomic E-state index is 12.3. The van der Waals surface area contributed by atoms with Gasteiger partial charge in [0.15, 0.2) is 5.78 Å². The summed E-state index contributed by atoms with van der Waals surface area (Å²) in [4.78, 5) is 12.3. The first-order chi connectivity index (χ1) is 14.3. The fraction of sp³-hybridized carbons (Fsp3) is 0.286. The highest BCUT2D eigenvalue weighted by molar-refractivity contribution is 6.08. The van der Waals surface area contributed by atoms with Crippen LogP contribution in [0.4, 0.5) is 0 Å². The molecule has 2 aromatic carbocycles. The Balaban J connectivity index is 1.70. The van der Waals surface area contributed by atoms with Crippen LogP contribution in [-0.2, 0) is 4.74 Å². The molecule has 1 aliphatic heterocycles. The number of aliphatic hydroxyl groups excluding tert-OH is 4. The van der Waals surface area contributed by atoms with Crippen LogP contribution in [0.1, 0.15) is 15.9 Å². The van der Waals surface area contributed by atoms with Gasteiger partial charge < -0.3 is 40.1 Å². The lowest BCUT2D eigenvalue weighted by atomic mass is 9.99. The van der Waals surface area contributed by atoms with E-state index >= 15 is 0 Å². The molecule has 2 aromatic rings. The Morgan fingerprint density at radius 3 is 2.33 bits per heavy atom. The minimum Gasteiger partial charge on any atom is -0.508 e. The number of carbonyl (C=O) groups excluding carboxylic acids is 1. The molecule has 0 saturated carbocycles. The number of ketones is 1. The molecule has 3 rings (SSSR count). The van der Waals surface area contributed by atoms with Crippen molar-refractivity contribution in [2.45, 2.75) is 30.7 Å². The lowest BCUT2D eigenvalue weighted by molar-refractivity contribution is -0.277. The van der Waals surface area contributed by atoms with Gasteiger partial charge in [0.05, 0.1) is 12.2 Å². The lowest BCUT2D eigenvalue weighted by Crippen LogP contribution is -2.60. The average Bonchev–Trinajstić information content (AvgIpc) is 2.73. The number of rotatable bonds is 6. The predicted molar refractivity (Wildman–Crippen MR) is 104 cm³/mol. The van der Waals surface area contributed by atoms with Gasteiger partial charge in [0.1, 0.15) is 41.7 Å². The summed E-state index contributed by atoms with van der Waals surface area (Å²) in [6.07, 6.45) is -4.46. The quantitative estimate of drug-likeness (QED) is 0.284. The van der Waals surface area contributed by atoms with Crippen LogP contribution in [0.25, 0.3) is 6.08 Å². The number of carbonyl (C=O) groups is 1. The number of ether oxygens (including phenoxy) is 2. The van der Waals surface area contributed by atoms with Gasteiger partial charge in [-0.2, -0.15) is 0 Å². The predicted octanol–water partition coefficient (Wildman–Crippen LogP) is 0.173. The van der Waals surface area contributed by atoms with Crippen molar-refractivity contribution in [1.82, 2.24) is 0 Å². The van der Waals surface area contributed by atoms with Crippen LogP contribution >= 0.6 is 0 Å². The number of benzene rings is 2. The molecule has 5 atom stereocenters. The monoisotopic (exact) mass is 418 g/mol. The molecule has 9 heteroatoms.